The Hall–Kier alpha value is -1.11. The lowest BCUT2D eigenvalue weighted by atomic mass is 10.1. The fourth-order valence-corrected chi connectivity index (χ4v) is 2.10. The number of hydrogen-bond donors (Lipinski definition) is 1. The van der Waals surface area contributed by atoms with Gasteiger partial charge in [-0.2, -0.15) is 0 Å². The summed E-state index contributed by atoms with van der Waals surface area (Å²) in [6.45, 7) is 0. The molecule has 2 aromatic rings. The van der Waals surface area contributed by atoms with Gasteiger partial charge in [-0.3, -0.25) is 0 Å². The van der Waals surface area contributed by atoms with Crippen LogP contribution in [0.2, 0.25) is 0 Å². The number of methoxy groups -OCH3 is 2. The summed E-state index contributed by atoms with van der Waals surface area (Å²) in [7, 11) is 3.15. The highest BCUT2D eigenvalue weighted by Crippen LogP contribution is 2.32. The number of halogens is 1. The number of fused-ring (bicyclic) bond motifs is 1. The second-order valence-electron chi connectivity index (χ2n) is 3.25. The Kier molecular flexibility index (Phi) is 3.13. The maximum atomic E-state index is 5.69. The van der Waals surface area contributed by atoms with Crippen LogP contribution in [0.5, 0.6) is 0 Å². The maximum absolute atomic E-state index is 5.69. The molecular weight excluding hydrogens is 276 g/mol. The van der Waals surface area contributed by atoms with Gasteiger partial charge < -0.3 is 19.7 Å². The number of rotatable bonds is 3. The van der Waals surface area contributed by atoms with Crippen LogP contribution in [0.15, 0.2) is 21.1 Å². The van der Waals surface area contributed by atoms with E-state index in [4.69, 9.17) is 19.7 Å². The Bertz CT molecular complexity index is 508. The van der Waals surface area contributed by atoms with Gasteiger partial charge in [0.1, 0.15) is 0 Å². The van der Waals surface area contributed by atoms with Crippen LogP contribution in [-0.4, -0.2) is 19.4 Å². The summed E-state index contributed by atoms with van der Waals surface area (Å²) in [4.78, 5) is 0. The Labute approximate surface area is 101 Å². The standard InChI is InChI=1S/C10H11BrN2O3/c1-14-10(15-2)5-3-6-8(7(11)4-5)16-13-9(6)12/h3-4,10H,1-2H3,(H2,12,13). The first-order chi connectivity index (χ1) is 7.67. The van der Waals surface area contributed by atoms with E-state index in [2.05, 4.69) is 21.1 Å². The molecule has 0 aliphatic heterocycles. The molecule has 0 unspecified atom stereocenters. The van der Waals surface area contributed by atoms with Crippen molar-refractivity contribution in [2.24, 2.45) is 0 Å². The first-order valence-electron chi connectivity index (χ1n) is 4.57. The van der Waals surface area contributed by atoms with Gasteiger partial charge in [0.05, 0.1) is 9.86 Å². The van der Waals surface area contributed by atoms with Crippen molar-refractivity contribution < 1.29 is 14.0 Å². The van der Waals surface area contributed by atoms with Gasteiger partial charge in [-0.1, -0.05) is 5.16 Å². The molecule has 0 saturated carbocycles. The van der Waals surface area contributed by atoms with Crippen molar-refractivity contribution in [2.75, 3.05) is 20.0 Å². The average Bonchev–Trinajstić information content (AvgIpc) is 2.63. The van der Waals surface area contributed by atoms with Gasteiger partial charge in [0, 0.05) is 19.8 Å². The van der Waals surface area contributed by atoms with Crippen molar-refractivity contribution in [2.45, 2.75) is 6.29 Å². The van der Waals surface area contributed by atoms with Crippen LogP contribution in [0.1, 0.15) is 11.9 Å². The van der Waals surface area contributed by atoms with Crippen molar-refractivity contribution in [3.63, 3.8) is 0 Å². The summed E-state index contributed by atoms with van der Waals surface area (Å²) in [6, 6.07) is 3.69. The van der Waals surface area contributed by atoms with Crippen molar-refractivity contribution in [1.29, 1.82) is 0 Å². The molecule has 6 heteroatoms. The van der Waals surface area contributed by atoms with E-state index in [-0.39, 0.29) is 0 Å². The van der Waals surface area contributed by atoms with Gasteiger partial charge in [-0.05, 0) is 28.1 Å². The van der Waals surface area contributed by atoms with Gasteiger partial charge in [0.15, 0.2) is 17.7 Å². The van der Waals surface area contributed by atoms with Crippen molar-refractivity contribution >= 4 is 32.7 Å². The van der Waals surface area contributed by atoms with E-state index in [9.17, 15) is 0 Å². The van der Waals surface area contributed by atoms with Gasteiger partial charge >= 0.3 is 0 Å². The number of nitrogen functional groups attached to an aromatic ring is 1. The Morgan fingerprint density at radius 2 is 2.06 bits per heavy atom. The van der Waals surface area contributed by atoms with Crippen LogP contribution in [0.25, 0.3) is 11.0 Å². The number of aromatic nitrogens is 1. The lowest BCUT2D eigenvalue weighted by Crippen LogP contribution is -2.03. The monoisotopic (exact) mass is 286 g/mol. The summed E-state index contributed by atoms with van der Waals surface area (Å²) in [6.07, 6.45) is -0.435. The van der Waals surface area contributed by atoms with Crippen molar-refractivity contribution in [3.8, 4) is 0 Å². The van der Waals surface area contributed by atoms with Crippen LogP contribution < -0.4 is 5.73 Å². The van der Waals surface area contributed by atoms with Gasteiger partial charge in [0.25, 0.3) is 0 Å². The minimum absolute atomic E-state index is 0.350. The molecule has 1 aromatic carbocycles. The minimum Gasteiger partial charge on any atom is -0.380 e. The number of ether oxygens (including phenoxy) is 2. The number of benzene rings is 1. The third-order valence-corrected chi connectivity index (χ3v) is 2.87. The van der Waals surface area contributed by atoms with Crippen LogP contribution in [0, 0.1) is 0 Å². The molecule has 16 heavy (non-hydrogen) atoms. The quantitative estimate of drug-likeness (QED) is 0.878. The molecule has 1 heterocycles. The number of hydrogen-bond acceptors (Lipinski definition) is 5. The molecule has 1 aromatic heterocycles. The van der Waals surface area contributed by atoms with E-state index in [0.29, 0.717) is 11.4 Å². The number of anilines is 1. The summed E-state index contributed by atoms with van der Waals surface area (Å²) in [5.74, 6) is 0.350. The fraction of sp³-hybridized carbons (Fsp3) is 0.300. The first kappa shape index (κ1) is 11.4. The lowest BCUT2D eigenvalue weighted by molar-refractivity contribution is -0.105. The molecule has 86 valence electrons. The van der Waals surface area contributed by atoms with E-state index in [0.717, 1.165) is 15.4 Å². The lowest BCUT2D eigenvalue weighted by Gasteiger charge is -2.13. The smallest absolute Gasteiger partial charge is 0.183 e. The van der Waals surface area contributed by atoms with E-state index in [1.165, 1.54) is 0 Å². The van der Waals surface area contributed by atoms with Crippen LogP contribution in [0.3, 0.4) is 0 Å². The van der Waals surface area contributed by atoms with Crippen LogP contribution in [-0.2, 0) is 9.47 Å². The summed E-state index contributed by atoms with van der Waals surface area (Å²) in [5.41, 5.74) is 7.15. The topological polar surface area (TPSA) is 70.5 Å². The van der Waals surface area contributed by atoms with Gasteiger partial charge in [-0.15, -0.1) is 0 Å². The second kappa shape index (κ2) is 4.40. The fourth-order valence-electron chi connectivity index (χ4n) is 1.55. The molecular formula is C10H11BrN2O3. The third kappa shape index (κ3) is 1.79. The molecule has 5 nitrogen and oxygen atoms in total. The maximum Gasteiger partial charge on any atom is 0.183 e. The van der Waals surface area contributed by atoms with Gasteiger partial charge in [0.2, 0.25) is 0 Å². The molecule has 0 atom stereocenters. The molecule has 2 rings (SSSR count). The zero-order valence-corrected chi connectivity index (χ0v) is 10.4. The zero-order valence-electron chi connectivity index (χ0n) is 8.86. The summed E-state index contributed by atoms with van der Waals surface area (Å²) >= 11 is 3.39. The Balaban J connectivity index is 2.59. The SMILES string of the molecule is COC(OC)c1cc(Br)c2onc(N)c2c1. The summed E-state index contributed by atoms with van der Waals surface area (Å²) in [5, 5.41) is 4.44. The molecule has 0 fully saturated rings. The highest BCUT2D eigenvalue weighted by molar-refractivity contribution is 9.10. The number of nitrogens with two attached hydrogens (primary N) is 1. The van der Waals surface area contributed by atoms with Crippen molar-refractivity contribution in [1.82, 2.24) is 5.16 Å². The minimum atomic E-state index is -0.435. The normalized spacial score (nSPS) is 11.5. The second-order valence-corrected chi connectivity index (χ2v) is 4.10. The van der Waals surface area contributed by atoms with E-state index >= 15 is 0 Å². The Morgan fingerprint density at radius 3 is 2.69 bits per heavy atom. The highest BCUT2D eigenvalue weighted by atomic mass is 79.9. The van der Waals surface area contributed by atoms with Crippen LogP contribution in [0.4, 0.5) is 5.82 Å². The predicted molar refractivity (Wildman–Crippen MR) is 62.9 cm³/mol. The molecule has 0 radical (unpaired) electrons. The summed E-state index contributed by atoms with van der Waals surface area (Å²) < 4.78 is 16.2. The molecule has 2 N–H and O–H groups in total. The average molecular weight is 287 g/mol. The molecule has 0 bridgehead atoms. The Morgan fingerprint density at radius 1 is 1.38 bits per heavy atom. The molecule has 0 amide bonds. The van der Waals surface area contributed by atoms with Crippen molar-refractivity contribution in [3.05, 3.63) is 22.2 Å². The molecule has 0 aliphatic rings. The van der Waals surface area contributed by atoms with E-state index < -0.39 is 6.29 Å². The largest absolute Gasteiger partial charge is 0.380 e. The predicted octanol–water partition coefficient (Wildman–Crippen LogP) is 2.46. The molecule has 0 spiro atoms. The van der Waals surface area contributed by atoms with Gasteiger partial charge in [-0.25, -0.2) is 0 Å². The first-order valence-corrected chi connectivity index (χ1v) is 5.36. The number of nitrogens with zero attached hydrogens (tertiary/aromatic N) is 1. The van der Waals surface area contributed by atoms with E-state index in [1.807, 2.05) is 12.1 Å². The zero-order chi connectivity index (χ0) is 11.7. The highest BCUT2D eigenvalue weighted by Gasteiger charge is 2.15. The molecule has 0 saturated heterocycles. The molecule has 0 aliphatic carbocycles. The third-order valence-electron chi connectivity index (χ3n) is 2.28. The van der Waals surface area contributed by atoms with Crippen LogP contribution >= 0.6 is 15.9 Å². The van der Waals surface area contributed by atoms with E-state index in [1.54, 1.807) is 14.2 Å².